The Labute approximate surface area is 143 Å². The molecule has 5 atom stereocenters. The van der Waals surface area contributed by atoms with Gasteiger partial charge < -0.3 is 14.9 Å². The average molecular weight is 332 g/mol. The second-order valence-corrected chi connectivity index (χ2v) is 8.07. The Kier molecular flexibility index (Phi) is 4.47. The number of cyclic esters (lactones) is 1. The van der Waals surface area contributed by atoms with Crippen molar-refractivity contribution in [3.8, 4) is 0 Å². The summed E-state index contributed by atoms with van der Waals surface area (Å²) >= 11 is 0. The van der Waals surface area contributed by atoms with E-state index in [2.05, 4.69) is 19.6 Å². The molecule has 3 aliphatic rings. The molecule has 4 nitrogen and oxygen atoms in total. The highest BCUT2D eigenvalue weighted by Gasteiger charge is 2.57. The molecule has 1 aliphatic heterocycles. The van der Waals surface area contributed by atoms with Crippen molar-refractivity contribution in [3.05, 3.63) is 36.0 Å². The highest BCUT2D eigenvalue weighted by molar-refractivity contribution is 5.93. The van der Waals surface area contributed by atoms with Gasteiger partial charge >= 0.3 is 5.97 Å². The number of fused-ring (bicyclic) bond motifs is 1. The highest BCUT2D eigenvalue weighted by Crippen LogP contribution is 2.61. The first-order valence-electron chi connectivity index (χ1n) is 8.85. The van der Waals surface area contributed by atoms with Crippen molar-refractivity contribution in [2.45, 2.75) is 45.6 Å². The van der Waals surface area contributed by atoms with Crippen molar-refractivity contribution in [2.24, 2.45) is 22.7 Å². The third kappa shape index (κ3) is 2.56. The van der Waals surface area contributed by atoms with Crippen molar-refractivity contribution in [3.63, 3.8) is 0 Å². The van der Waals surface area contributed by atoms with E-state index in [9.17, 15) is 15.0 Å². The Morgan fingerprint density at radius 3 is 2.79 bits per heavy atom. The molecule has 2 N–H and O–H groups in total. The molecule has 0 bridgehead atoms. The number of hydrogen-bond acceptors (Lipinski definition) is 4. The Morgan fingerprint density at radius 1 is 1.42 bits per heavy atom. The van der Waals surface area contributed by atoms with Crippen LogP contribution in [0.5, 0.6) is 0 Å². The molecule has 2 fully saturated rings. The van der Waals surface area contributed by atoms with Gasteiger partial charge in [0.05, 0.1) is 18.3 Å². The van der Waals surface area contributed by atoms with E-state index in [1.807, 2.05) is 13.0 Å². The summed E-state index contributed by atoms with van der Waals surface area (Å²) in [4.78, 5) is 11.7. The normalized spacial score (nSPS) is 42.8. The molecule has 1 heterocycles. The summed E-state index contributed by atoms with van der Waals surface area (Å²) in [5.74, 6) is 0.0981. The Hall–Kier alpha value is -1.39. The third-order valence-corrected chi connectivity index (χ3v) is 6.78. The van der Waals surface area contributed by atoms with Crippen molar-refractivity contribution < 1.29 is 19.7 Å². The van der Waals surface area contributed by atoms with Gasteiger partial charge in [0.15, 0.2) is 0 Å². The summed E-state index contributed by atoms with van der Waals surface area (Å²) in [7, 11) is 0. The van der Waals surface area contributed by atoms with E-state index < -0.39 is 11.5 Å². The van der Waals surface area contributed by atoms with E-state index in [1.165, 1.54) is 5.57 Å². The van der Waals surface area contributed by atoms with Gasteiger partial charge in [-0.3, -0.25) is 0 Å². The summed E-state index contributed by atoms with van der Waals surface area (Å²) < 4.78 is 4.96. The molecule has 0 amide bonds. The molecule has 2 saturated carbocycles. The second kappa shape index (κ2) is 6.16. The van der Waals surface area contributed by atoms with Crippen LogP contribution in [0.3, 0.4) is 0 Å². The van der Waals surface area contributed by atoms with Gasteiger partial charge in [-0.25, -0.2) is 4.79 Å². The number of carbonyl (C=O) groups is 1. The van der Waals surface area contributed by atoms with E-state index in [0.29, 0.717) is 18.6 Å². The summed E-state index contributed by atoms with van der Waals surface area (Å²) in [5, 5.41) is 20.5. The molecule has 132 valence electrons. The van der Waals surface area contributed by atoms with Gasteiger partial charge in [0, 0.05) is 11.3 Å². The molecular formula is C20H28O4. The van der Waals surface area contributed by atoms with Gasteiger partial charge in [-0.1, -0.05) is 38.2 Å². The van der Waals surface area contributed by atoms with Gasteiger partial charge in [0.25, 0.3) is 0 Å². The van der Waals surface area contributed by atoms with Crippen molar-refractivity contribution in [1.82, 2.24) is 0 Å². The molecule has 24 heavy (non-hydrogen) atoms. The van der Waals surface area contributed by atoms with Gasteiger partial charge in [-0.05, 0) is 43.1 Å². The largest absolute Gasteiger partial charge is 0.458 e. The summed E-state index contributed by atoms with van der Waals surface area (Å²) in [6, 6.07) is 0. The highest BCUT2D eigenvalue weighted by atomic mass is 16.5. The van der Waals surface area contributed by atoms with Crippen molar-refractivity contribution in [2.75, 3.05) is 13.2 Å². The zero-order valence-corrected chi connectivity index (χ0v) is 14.6. The maximum atomic E-state index is 11.7. The Balaban J connectivity index is 1.92. The van der Waals surface area contributed by atoms with E-state index >= 15 is 0 Å². The number of allylic oxidation sites excluding steroid dienone is 2. The minimum atomic E-state index is -0.481. The van der Waals surface area contributed by atoms with Gasteiger partial charge in [-0.2, -0.15) is 0 Å². The minimum Gasteiger partial charge on any atom is -0.458 e. The Bertz CT molecular complexity index is 605. The van der Waals surface area contributed by atoms with E-state index in [0.717, 1.165) is 19.3 Å². The molecule has 0 radical (unpaired) electrons. The van der Waals surface area contributed by atoms with Gasteiger partial charge in [0.1, 0.15) is 6.61 Å². The Morgan fingerprint density at radius 2 is 2.17 bits per heavy atom. The lowest BCUT2D eigenvalue weighted by Gasteiger charge is -2.59. The first kappa shape index (κ1) is 17.4. The summed E-state index contributed by atoms with van der Waals surface area (Å²) in [5.41, 5.74) is 1.24. The third-order valence-electron chi connectivity index (χ3n) is 6.78. The number of ether oxygens (including phenoxy) is 1. The van der Waals surface area contributed by atoms with Crippen LogP contribution in [-0.2, 0) is 9.53 Å². The first-order chi connectivity index (χ1) is 11.3. The van der Waals surface area contributed by atoms with E-state index in [4.69, 9.17) is 4.74 Å². The number of carbonyl (C=O) groups excluding carboxylic acids is 1. The van der Waals surface area contributed by atoms with Crippen LogP contribution < -0.4 is 0 Å². The molecule has 3 rings (SSSR count). The van der Waals surface area contributed by atoms with Crippen LogP contribution in [0, 0.1) is 22.7 Å². The fourth-order valence-corrected chi connectivity index (χ4v) is 5.20. The molecule has 0 aromatic heterocycles. The second-order valence-electron chi connectivity index (χ2n) is 8.07. The van der Waals surface area contributed by atoms with Crippen LogP contribution in [0.1, 0.15) is 39.5 Å². The minimum absolute atomic E-state index is 0.00515. The quantitative estimate of drug-likeness (QED) is 0.616. The fourth-order valence-electron chi connectivity index (χ4n) is 5.20. The van der Waals surface area contributed by atoms with Crippen molar-refractivity contribution in [1.29, 1.82) is 0 Å². The number of esters is 1. The van der Waals surface area contributed by atoms with Crippen LogP contribution in [0.15, 0.2) is 36.0 Å². The standard InChI is InChI=1S/C20H28O4/c1-13-4-7-16-19(2,10-8-17(22)20(16,3)12-21)15(13)6-5-14-9-11-24-18(14)23/h5-6,9,15-17,21-22H,1,4,7-8,10-12H2,2-3H3/b6-5+/t15?,16?,17-,19-,20+/m1/s1. The fraction of sp³-hybridized carbons (Fsp3) is 0.650. The molecule has 4 heteroatoms. The lowest BCUT2D eigenvalue weighted by atomic mass is 9.46. The van der Waals surface area contributed by atoms with Crippen LogP contribution in [0.25, 0.3) is 0 Å². The molecule has 0 aromatic rings. The number of hydrogen-bond donors (Lipinski definition) is 2. The molecule has 2 unspecified atom stereocenters. The van der Waals surface area contributed by atoms with Crippen molar-refractivity contribution >= 4 is 5.97 Å². The number of aliphatic hydroxyl groups excluding tert-OH is 2. The SMILES string of the molecule is C=C1CCC2[C@](C)(CC[C@@H](O)[C@@]2(C)CO)C1/C=C/C1=CCOC1=O. The van der Waals surface area contributed by atoms with E-state index in [-0.39, 0.29) is 29.8 Å². The van der Waals surface area contributed by atoms with Gasteiger partial charge in [-0.15, -0.1) is 0 Å². The van der Waals surface area contributed by atoms with E-state index in [1.54, 1.807) is 6.08 Å². The lowest BCUT2D eigenvalue weighted by Crippen LogP contribution is -2.57. The maximum Gasteiger partial charge on any atom is 0.338 e. The predicted molar refractivity (Wildman–Crippen MR) is 92.1 cm³/mol. The molecule has 0 saturated heterocycles. The predicted octanol–water partition coefficient (Wildman–Crippen LogP) is 2.77. The number of aliphatic hydroxyl groups is 2. The summed E-state index contributed by atoms with van der Waals surface area (Å²) in [6.45, 7) is 8.87. The van der Waals surface area contributed by atoms with Gasteiger partial charge in [0.2, 0.25) is 0 Å². The monoisotopic (exact) mass is 332 g/mol. The number of rotatable bonds is 3. The molecular weight excluding hydrogens is 304 g/mol. The lowest BCUT2D eigenvalue weighted by molar-refractivity contribution is -0.145. The summed E-state index contributed by atoms with van der Waals surface area (Å²) in [6.07, 6.45) is 8.69. The topological polar surface area (TPSA) is 66.8 Å². The molecule has 0 aromatic carbocycles. The van der Waals surface area contributed by atoms with Crippen LogP contribution in [-0.4, -0.2) is 35.5 Å². The van der Waals surface area contributed by atoms with Crippen LogP contribution in [0.2, 0.25) is 0 Å². The van der Waals surface area contributed by atoms with Crippen LogP contribution in [0.4, 0.5) is 0 Å². The zero-order chi connectivity index (χ0) is 17.5. The molecule has 2 aliphatic carbocycles. The molecule has 0 spiro atoms. The average Bonchev–Trinajstić information content (AvgIpc) is 2.96. The smallest absolute Gasteiger partial charge is 0.338 e. The first-order valence-corrected chi connectivity index (χ1v) is 8.85. The van der Waals surface area contributed by atoms with Crippen LogP contribution >= 0.6 is 0 Å². The maximum absolute atomic E-state index is 11.7. The zero-order valence-electron chi connectivity index (χ0n) is 14.6.